The number of nitrogens with zero attached hydrogens (tertiary/aromatic N) is 5. The molecule has 1 heterocycles. The van der Waals surface area contributed by atoms with Gasteiger partial charge >= 0.3 is 30.3 Å². The molecule has 242 valence electrons. The number of ether oxygens (including phenoxy) is 3. The second kappa shape index (κ2) is 13.7. The fourth-order valence-corrected chi connectivity index (χ4v) is 3.29. The Kier molecular flexibility index (Phi) is 10.8. The summed E-state index contributed by atoms with van der Waals surface area (Å²) in [5, 5.41) is 25.2. The van der Waals surface area contributed by atoms with Gasteiger partial charge in [-0.1, -0.05) is 0 Å². The Morgan fingerprint density at radius 1 is 0.822 bits per heavy atom. The molecule has 0 aliphatic heterocycles. The molecule has 1 aromatic heterocycles. The number of aromatic nitrogens is 3. The van der Waals surface area contributed by atoms with Gasteiger partial charge in [0.05, 0.1) is 47.5 Å². The Hall–Kier alpha value is -5.70. The van der Waals surface area contributed by atoms with Gasteiger partial charge in [-0.3, -0.25) is 20.2 Å². The molecule has 0 bridgehead atoms. The highest BCUT2D eigenvalue weighted by molar-refractivity contribution is 5.95. The number of halogens is 7. The molecule has 0 fully saturated rings. The summed E-state index contributed by atoms with van der Waals surface area (Å²) in [5.41, 5.74) is -7.90. The monoisotopic (exact) mass is 655 g/mol. The molecule has 0 radical (unpaired) electrons. The summed E-state index contributed by atoms with van der Waals surface area (Å²) in [6.07, 6.45) is -9.34. The summed E-state index contributed by atoms with van der Waals surface area (Å²) in [6.45, 7) is 1.50. The normalized spacial score (nSPS) is 11.2. The molecule has 0 amide bonds. The smallest absolute Gasteiger partial charge is 0.419 e. The van der Waals surface area contributed by atoms with Crippen molar-refractivity contribution in [2.24, 2.45) is 0 Å². The number of rotatable bonds is 7. The van der Waals surface area contributed by atoms with E-state index in [9.17, 15) is 65.3 Å². The average molecular weight is 655 g/mol. The third kappa shape index (κ3) is 8.23. The van der Waals surface area contributed by atoms with Crippen LogP contribution in [-0.2, 0) is 26.6 Å². The number of alkyl halides is 6. The summed E-state index contributed by atoms with van der Waals surface area (Å²) < 4.78 is 104. The minimum Gasteiger partial charge on any atom is -0.465 e. The van der Waals surface area contributed by atoms with Gasteiger partial charge in [0.25, 0.3) is 17.2 Å². The number of carbonyl (C=O) groups is 3. The first-order valence-corrected chi connectivity index (χ1v) is 11.5. The van der Waals surface area contributed by atoms with Crippen LogP contribution in [0.4, 0.5) is 42.1 Å². The molecular formula is C23H16F7N5O10. The first kappa shape index (κ1) is 35.5. The number of methoxy groups -OCH3 is 2. The molecule has 3 rings (SSSR count). The van der Waals surface area contributed by atoms with Crippen molar-refractivity contribution in [1.29, 1.82) is 0 Å². The molecule has 0 aliphatic carbocycles. The van der Waals surface area contributed by atoms with E-state index in [1.165, 1.54) is 6.92 Å². The lowest BCUT2D eigenvalue weighted by atomic mass is 10.1. The van der Waals surface area contributed by atoms with E-state index in [4.69, 9.17) is 0 Å². The van der Waals surface area contributed by atoms with E-state index < -0.39 is 91.1 Å². The standard InChI is InChI=1S/C14H11F3N4O6.C9H5F4NO4/c1-3-27-13(23)11-18-6-20(19-11)10-4-7(12(22)26-2)9(21(24)25)5-8(10)14(15,16)17;1-18-8(15)4-2-6(10)5(9(11,12)13)3-7(4)14(16)17/h4-6H,3H2,1-2H3;2-3H,1H3. The molecule has 0 saturated heterocycles. The quantitative estimate of drug-likeness (QED) is 0.112. The maximum absolute atomic E-state index is 13.4. The predicted octanol–water partition coefficient (Wildman–Crippen LogP) is 4.70. The van der Waals surface area contributed by atoms with Crippen molar-refractivity contribution in [3.8, 4) is 5.69 Å². The van der Waals surface area contributed by atoms with Gasteiger partial charge in [-0.15, -0.1) is 5.10 Å². The van der Waals surface area contributed by atoms with E-state index in [0.29, 0.717) is 10.7 Å². The highest BCUT2D eigenvalue weighted by Crippen LogP contribution is 2.38. The lowest BCUT2D eigenvalue weighted by Crippen LogP contribution is -2.16. The highest BCUT2D eigenvalue weighted by atomic mass is 19.4. The summed E-state index contributed by atoms with van der Waals surface area (Å²) in [4.78, 5) is 57.2. The van der Waals surface area contributed by atoms with Gasteiger partial charge in [-0.05, 0) is 19.1 Å². The Labute approximate surface area is 244 Å². The van der Waals surface area contributed by atoms with E-state index in [2.05, 4.69) is 24.3 Å². The molecule has 15 nitrogen and oxygen atoms in total. The van der Waals surface area contributed by atoms with Crippen molar-refractivity contribution < 1.29 is 69.2 Å². The molecule has 3 aromatic rings. The topological polar surface area (TPSA) is 196 Å². The molecule has 22 heteroatoms. The summed E-state index contributed by atoms with van der Waals surface area (Å²) in [7, 11) is 1.78. The third-order valence-corrected chi connectivity index (χ3v) is 5.21. The van der Waals surface area contributed by atoms with Crippen LogP contribution in [-0.4, -0.2) is 63.3 Å². The van der Waals surface area contributed by atoms with E-state index in [-0.39, 0.29) is 24.8 Å². The second-order valence-corrected chi connectivity index (χ2v) is 7.96. The lowest BCUT2D eigenvalue weighted by Gasteiger charge is -2.14. The minimum absolute atomic E-state index is 0.00874. The van der Waals surface area contributed by atoms with E-state index in [1.54, 1.807) is 0 Å². The van der Waals surface area contributed by atoms with Crippen LogP contribution in [0, 0.1) is 26.0 Å². The van der Waals surface area contributed by atoms with Gasteiger partial charge in [0.1, 0.15) is 23.3 Å². The van der Waals surface area contributed by atoms with Gasteiger partial charge in [0.15, 0.2) is 0 Å². The van der Waals surface area contributed by atoms with Crippen LogP contribution in [0.2, 0.25) is 0 Å². The van der Waals surface area contributed by atoms with Crippen LogP contribution in [0.15, 0.2) is 30.6 Å². The van der Waals surface area contributed by atoms with Crippen LogP contribution < -0.4 is 0 Å². The van der Waals surface area contributed by atoms with Crippen LogP contribution >= 0.6 is 0 Å². The molecule has 0 unspecified atom stereocenters. The number of carbonyl (C=O) groups excluding carboxylic acids is 3. The largest absolute Gasteiger partial charge is 0.465 e. The minimum atomic E-state index is -5.09. The number of hydrogen-bond donors (Lipinski definition) is 0. The zero-order valence-corrected chi connectivity index (χ0v) is 22.6. The van der Waals surface area contributed by atoms with Gasteiger partial charge in [-0.2, -0.15) is 26.3 Å². The number of hydrogen-bond acceptors (Lipinski definition) is 12. The third-order valence-electron chi connectivity index (χ3n) is 5.21. The number of benzene rings is 2. The zero-order valence-electron chi connectivity index (χ0n) is 22.6. The number of esters is 3. The van der Waals surface area contributed by atoms with Crippen molar-refractivity contribution in [2.45, 2.75) is 19.3 Å². The van der Waals surface area contributed by atoms with Crippen molar-refractivity contribution >= 4 is 29.3 Å². The van der Waals surface area contributed by atoms with Gasteiger partial charge in [0, 0.05) is 12.1 Å². The van der Waals surface area contributed by atoms with Crippen LogP contribution in [0.25, 0.3) is 5.69 Å². The van der Waals surface area contributed by atoms with Crippen LogP contribution in [0.5, 0.6) is 0 Å². The Balaban J connectivity index is 0.000000341. The number of nitro benzene ring substituents is 2. The predicted molar refractivity (Wildman–Crippen MR) is 130 cm³/mol. The Morgan fingerprint density at radius 3 is 1.71 bits per heavy atom. The highest BCUT2D eigenvalue weighted by Gasteiger charge is 2.39. The van der Waals surface area contributed by atoms with Gasteiger partial charge < -0.3 is 14.2 Å². The van der Waals surface area contributed by atoms with Crippen molar-refractivity contribution in [2.75, 3.05) is 20.8 Å². The Morgan fingerprint density at radius 2 is 1.29 bits per heavy atom. The molecule has 0 aliphatic rings. The first-order valence-electron chi connectivity index (χ1n) is 11.5. The second-order valence-electron chi connectivity index (χ2n) is 7.96. The molecule has 0 atom stereocenters. The Bertz CT molecular complexity index is 1650. The maximum Gasteiger partial charge on any atom is 0.419 e. The van der Waals surface area contributed by atoms with E-state index >= 15 is 0 Å². The lowest BCUT2D eigenvalue weighted by molar-refractivity contribution is -0.385. The summed E-state index contributed by atoms with van der Waals surface area (Å²) in [6, 6.07) is 0.873. The molecule has 45 heavy (non-hydrogen) atoms. The molecule has 0 saturated carbocycles. The van der Waals surface area contributed by atoms with Crippen LogP contribution in [0.1, 0.15) is 49.4 Å². The van der Waals surface area contributed by atoms with Gasteiger partial charge in [0.2, 0.25) is 0 Å². The molecule has 0 spiro atoms. The molecule has 0 N–H and O–H groups in total. The zero-order chi connectivity index (χ0) is 34.4. The van der Waals surface area contributed by atoms with Crippen LogP contribution in [0.3, 0.4) is 0 Å². The van der Waals surface area contributed by atoms with Crippen molar-refractivity contribution in [3.05, 3.63) is 84.7 Å². The fourth-order valence-electron chi connectivity index (χ4n) is 3.29. The van der Waals surface area contributed by atoms with E-state index in [0.717, 1.165) is 20.5 Å². The van der Waals surface area contributed by atoms with Crippen molar-refractivity contribution in [1.82, 2.24) is 14.8 Å². The fraction of sp³-hybridized carbons (Fsp3) is 0.261. The maximum atomic E-state index is 13.4. The SMILES string of the molecule is CCOC(=O)c1ncn(-c2cc(C(=O)OC)c([N+](=O)[O-])cc2C(F)(F)F)n1.COC(=O)c1cc(F)c(C(F)(F)F)cc1[N+](=O)[O-]. The molecule has 2 aromatic carbocycles. The average Bonchev–Trinajstić information content (AvgIpc) is 3.45. The summed E-state index contributed by atoms with van der Waals surface area (Å²) >= 11 is 0. The van der Waals surface area contributed by atoms with Gasteiger partial charge in [-0.25, -0.2) is 28.4 Å². The van der Waals surface area contributed by atoms with E-state index in [1.807, 2.05) is 0 Å². The number of nitro groups is 2. The first-order chi connectivity index (χ1) is 20.8. The summed E-state index contributed by atoms with van der Waals surface area (Å²) in [5.74, 6) is -5.80. The molecular weight excluding hydrogens is 639 g/mol. The van der Waals surface area contributed by atoms with Crippen molar-refractivity contribution in [3.63, 3.8) is 0 Å².